The molecule has 0 saturated heterocycles. The number of nitrogens with zero attached hydrogens (tertiary/aromatic N) is 1. The molecule has 0 unspecified atom stereocenters. The Bertz CT molecular complexity index is 732. The molecule has 2 rings (SSSR count). The molecule has 5 nitrogen and oxygen atoms in total. The molecule has 0 aliphatic heterocycles. The minimum absolute atomic E-state index is 0.119. The molecule has 2 aromatic rings. The van der Waals surface area contributed by atoms with Gasteiger partial charge in [-0.1, -0.05) is 30.9 Å². The summed E-state index contributed by atoms with van der Waals surface area (Å²) in [4.78, 5) is 14.7. The third-order valence-corrected chi connectivity index (χ3v) is 4.18. The van der Waals surface area contributed by atoms with E-state index in [4.69, 9.17) is 9.47 Å². The third-order valence-electron chi connectivity index (χ3n) is 4.18. The van der Waals surface area contributed by atoms with Gasteiger partial charge >= 0.3 is 0 Å². The summed E-state index contributed by atoms with van der Waals surface area (Å²) in [5.74, 6) is 1.01. The van der Waals surface area contributed by atoms with E-state index in [0.717, 1.165) is 19.5 Å². The van der Waals surface area contributed by atoms with Crippen LogP contribution < -0.4 is 19.7 Å². The van der Waals surface area contributed by atoms with E-state index in [1.807, 2.05) is 18.2 Å². The van der Waals surface area contributed by atoms with Crippen molar-refractivity contribution in [2.24, 2.45) is 0 Å². The van der Waals surface area contributed by atoms with Gasteiger partial charge in [0.2, 0.25) is 0 Å². The first-order chi connectivity index (χ1) is 13.2. The van der Waals surface area contributed by atoms with E-state index in [0.29, 0.717) is 30.2 Å². The lowest BCUT2D eigenvalue weighted by Gasteiger charge is -2.23. The van der Waals surface area contributed by atoms with Crippen molar-refractivity contribution in [1.82, 2.24) is 5.32 Å². The number of para-hydroxylation sites is 1. The molecular formula is C22H28N2O3. The largest absolute Gasteiger partial charge is 0.493 e. The van der Waals surface area contributed by atoms with Crippen LogP contribution in [0, 0.1) is 0 Å². The van der Waals surface area contributed by atoms with Crippen LogP contribution in [0.15, 0.2) is 61.2 Å². The molecule has 0 atom stereocenters. The zero-order valence-electron chi connectivity index (χ0n) is 16.1. The number of ether oxygens (including phenoxy) is 2. The van der Waals surface area contributed by atoms with Crippen molar-refractivity contribution in [3.05, 3.63) is 66.7 Å². The summed E-state index contributed by atoms with van der Waals surface area (Å²) < 4.78 is 10.8. The fourth-order valence-corrected chi connectivity index (χ4v) is 2.76. The van der Waals surface area contributed by atoms with Crippen molar-refractivity contribution in [1.29, 1.82) is 0 Å². The summed E-state index contributed by atoms with van der Waals surface area (Å²) in [6.07, 6.45) is 2.53. The summed E-state index contributed by atoms with van der Waals surface area (Å²) in [6.45, 7) is 8.57. The quantitative estimate of drug-likeness (QED) is 0.483. The van der Waals surface area contributed by atoms with Crippen LogP contribution >= 0.6 is 0 Å². The number of nitrogens with one attached hydrogen (secondary N) is 1. The van der Waals surface area contributed by atoms with Crippen molar-refractivity contribution >= 4 is 11.6 Å². The number of carbonyl (C=O) groups excluding carboxylic acids is 1. The average molecular weight is 368 g/mol. The second-order valence-electron chi connectivity index (χ2n) is 5.99. The number of methoxy groups -OCH3 is 1. The summed E-state index contributed by atoms with van der Waals surface area (Å²) in [5.41, 5.74) is 1.75. The number of rotatable bonds is 11. The van der Waals surface area contributed by atoms with Gasteiger partial charge in [-0.25, -0.2) is 0 Å². The van der Waals surface area contributed by atoms with Crippen LogP contribution in [0.25, 0.3) is 0 Å². The zero-order chi connectivity index (χ0) is 19.5. The highest BCUT2D eigenvalue weighted by molar-refractivity contribution is 5.94. The maximum Gasteiger partial charge on any atom is 0.251 e. The van der Waals surface area contributed by atoms with Crippen LogP contribution in [-0.2, 0) is 0 Å². The first-order valence-electron chi connectivity index (χ1n) is 9.19. The molecule has 0 aliphatic carbocycles. The van der Waals surface area contributed by atoms with E-state index in [1.165, 1.54) is 5.69 Å². The van der Waals surface area contributed by atoms with Gasteiger partial charge in [-0.3, -0.25) is 4.79 Å². The smallest absolute Gasteiger partial charge is 0.251 e. The Morgan fingerprint density at radius 3 is 2.63 bits per heavy atom. The van der Waals surface area contributed by atoms with E-state index >= 15 is 0 Å². The normalized spacial score (nSPS) is 10.1. The maximum absolute atomic E-state index is 12.4. The lowest BCUT2D eigenvalue weighted by molar-refractivity contribution is 0.0953. The number of carbonyl (C=O) groups is 1. The van der Waals surface area contributed by atoms with Gasteiger partial charge in [0.15, 0.2) is 11.5 Å². The molecule has 144 valence electrons. The average Bonchev–Trinajstić information content (AvgIpc) is 2.72. The second kappa shape index (κ2) is 10.9. The van der Waals surface area contributed by atoms with E-state index in [1.54, 1.807) is 31.4 Å². The van der Waals surface area contributed by atoms with Crippen LogP contribution in [-0.4, -0.2) is 39.3 Å². The number of benzene rings is 2. The van der Waals surface area contributed by atoms with Gasteiger partial charge in [0.25, 0.3) is 5.91 Å². The molecular weight excluding hydrogens is 340 g/mol. The predicted octanol–water partition coefficient (Wildman–Crippen LogP) is 3.91. The van der Waals surface area contributed by atoms with E-state index in [2.05, 4.69) is 35.9 Å². The van der Waals surface area contributed by atoms with Crippen molar-refractivity contribution in [2.45, 2.75) is 13.3 Å². The van der Waals surface area contributed by atoms with Gasteiger partial charge in [-0.05, 0) is 43.7 Å². The van der Waals surface area contributed by atoms with Crippen LogP contribution in [0.5, 0.6) is 11.5 Å². The second-order valence-corrected chi connectivity index (χ2v) is 5.99. The zero-order valence-corrected chi connectivity index (χ0v) is 16.1. The number of hydrogen-bond donors (Lipinski definition) is 1. The Labute approximate surface area is 161 Å². The van der Waals surface area contributed by atoms with Gasteiger partial charge in [0.05, 0.1) is 7.11 Å². The SMILES string of the molecule is C=CCOc1ccc(C(=O)NCCCN(CC)c2ccccc2)cc1OC. The number of anilines is 1. The molecule has 2 aromatic carbocycles. The van der Waals surface area contributed by atoms with Crippen LogP contribution in [0.4, 0.5) is 5.69 Å². The highest BCUT2D eigenvalue weighted by Crippen LogP contribution is 2.28. The molecule has 0 radical (unpaired) electrons. The molecule has 0 fully saturated rings. The van der Waals surface area contributed by atoms with Crippen LogP contribution in [0.2, 0.25) is 0 Å². The summed E-state index contributed by atoms with van der Waals surface area (Å²) in [7, 11) is 1.56. The van der Waals surface area contributed by atoms with E-state index in [-0.39, 0.29) is 5.91 Å². The molecule has 1 N–H and O–H groups in total. The van der Waals surface area contributed by atoms with Crippen molar-refractivity contribution in [2.75, 3.05) is 38.3 Å². The Hall–Kier alpha value is -2.95. The first kappa shape index (κ1) is 20.4. The molecule has 0 aliphatic rings. The first-order valence-corrected chi connectivity index (χ1v) is 9.19. The van der Waals surface area contributed by atoms with Gasteiger partial charge < -0.3 is 19.7 Å². The highest BCUT2D eigenvalue weighted by Gasteiger charge is 2.11. The summed E-state index contributed by atoms with van der Waals surface area (Å²) in [6, 6.07) is 15.5. The highest BCUT2D eigenvalue weighted by atomic mass is 16.5. The van der Waals surface area contributed by atoms with Gasteiger partial charge in [0, 0.05) is 30.9 Å². The lowest BCUT2D eigenvalue weighted by atomic mass is 10.2. The minimum Gasteiger partial charge on any atom is -0.493 e. The Balaban J connectivity index is 1.85. The van der Waals surface area contributed by atoms with Crippen LogP contribution in [0.3, 0.4) is 0 Å². The number of hydrogen-bond acceptors (Lipinski definition) is 4. The molecule has 27 heavy (non-hydrogen) atoms. The van der Waals surface area contributed by atoms with Crippen molar-refractivity contribution in [3.63, 3.8) is 0 Å². The molecule has 1 amide bonds. The van der Waals surface area contributed by atoms with Crippen molar-refractivity contribution < 1.29 is 14.3 Å². The topological polar surface area (TPSA) is 50.8 Å². The fraction of sp³-hybridized carbons (Fsp3) is 0.318. The standard InChI is InChI=1S/C22H28N2O3/c1-4-16-27-20-13-12-18(17-21(20)26-3)22(25)23-14-9-15-24(5-2)19-10-7-6-8-11-19/h4,6-8,10-13,17H,1,5,9,14-16H2,2-3H3,(H,23,25). The predicted molar refractivity (Wildman–Crippen MR) is 110 cm³/mol. The summed E-state index contributed by atoms with van der Waals surface area (Å²) in [5, 5.41) is 2.97. The molecule has 0 aromatic heterocycles. The van der Waals surface area contributed by atoms with Crippen molar-refractivity contribution in [3.8, 4) is 11.5 Å². The molecule has 0 saturated carbocycles. The van der Waals surface area contributed by atoms with Gasteiger partial charge in [0.1, 0.15) is 6.61 Å². The van der Waals surface area contributed by atoms with Gasteiger partial charge in [-0.15, -0.1) is 0 Å². The third kappa shape index (κ3) is 6.06. The Morgan fingerprint density at radius 2 is 1.96 bits per heavy atom. The molecule has 0 bridgehead atoms. The van der Waals surface area contributed by atoms with E-state index in [9.17, 15) is 4.79 Å². The number of amides is 1. The molecule has 0 heterocycles. The monoisotopic (exact) mass is 368 g/mol. The lowest BCUT2D eigenvalue weighted by Crippen LogP contribution is -2.30. The van der Waals surface area contributed by atoms with E-state index < -0.39 is 0 Å². The minimum atomic E-state index is -0.119. The maximum atomic E-state index is 12.4. The van der Waals surface area contributed by atoms with Gasteiger partial charge in [-0.2, -0.15) is 0 Å². The fourth-order valence-electron chi connectivity index (χ4n) is 2.76. The Kier molecular flexibility index (Phi) is 8.23. The molecule has 5 heteroatoms. The Morgan fingerprint density at radius 1 is 1.19 bits per heavy atom. The van der Waals surface area contributed by atoms with Crippen LogP contribution in [0.1, 0.15) is 23.7 Å². The summed E-state index contributed by atoms with van der Waals surface area (Å²) >= 11 is 0. The molecule has 0 spiro atoms.